The first-order valence-corrected chi connectivity index (χ1v) is 15.8. The van der Waals surface area contributed by atoms with Gasteiger partial charge in [0.2, 0.25) is 5.88 Å². The molecule has 2 atom stereocenters. The van der Waals surface area contributed by atoms with Crippen molar-refractivity contribution >= 4 is 34.1 Å². The molecule has 7 rings (SSSR count). The summed E-state index contributed by atoms with van der Waals surface area (Å²) in [5, 5.41) is 4.08. The summed E-state index contributed by atoms with van der Waals surface area (Å²) >= 11 is 7.17. The number of nitrogens with zero attached hydrogens (tertiary/aromatic N) is 5. The second-order valence-corrected chi connectivity index (χ2v) is 12.2. The van der Waals surface area contributed by atoms with Crippen molar-refractivity contribution in [3.05, 3.63) is 97.8 Å². The molecule has 1 N–H and O–H groups in total. The van der Waals surface area contributed by atoms with E-state index in [1.54, 1.807) is 14.2 Å². The second-order valence-electron chi connectivity index (χ2n) is 11.9. The van der Waals surface area contributed by atoms with Gasteiger partial charge in [0.15, 0.2) is 5.65 Å². The van der Waals surface area contributed by atoms with Crippen LogP contribution in [0.4, 0.5) is 11.5 Å². The van der Waals surface area contributed by atoms with E-state index in [1.807, 2.05) is 43.3 Å². The molecule has 0 saturated carbocycles. The molecule has 3 aromatic heterocycles. The molecule has 0 spiro atoms. The Hall–Kier alpha value is -4.06. The van der Waals surface area contributed by atoms with Gasteiger partial charge >= 0.3 is 5.69 Å². The van der Waals surface area contributed by atoms with Gasteiger partial charge in [-0.05, 0) is 48.3 Å². The Morgan fingerprint density at radius 1 is 1.04 bits per heavy atom. The second kappa shape index (κ2) is 13.8. The van der Waals surface area contributed by atoms with Crippen LogP contribution < -0.4 is 21.3 Å². The van der Waals surface area contributed by atoms with Crippen LogP contribution >= 0.6 is 11.6 Å². The molecule has 1 aliphatic heterocycles. The third-order valence-corrected chi connectivity index (χ3v) is 9.39. The Morgan fingerprint density at radius 2 is 1.81 bits per heavy atom. The van der Waals surface area contributed by atoms with E-state index in [1.165, 1.54) is 17.9 Å². The zero-order valence-corrected chi connectivity index (χ0v) is 28.9. The summed E-state index contributed by atoms with van der Waals surface area (Å²) < 4.78 is 20.1. The van der Waals surface area contributed by atoms with E-state index >= 15 is 0 Å². The molecule has 0 amide bonds. The number of fused-ring (bicyclic) bond motifs is 2. The van der Waals surface area contributed by atoms with Crippen LogP contribution in [0.3, 0.4) is 0 Å². The largest absolute Gasteiger partial charge is 0.481 e. The normalized spacial score (nSPS) is 17.2. The number of aryl methyl sites for hydroxylation is 1. The van der Waals surface area contributed by atoms with Crippen molar-refractivity contribution < 1.29 is 31.3 Å². The van der Waals surface area contributed by atoms with Crippen LogP contribution in [-0.2, 0) is 53.5 Å². The van der Waals surface area contributed by atoms with Gasteiger partial charge in [0.1, 0.15) is 17.5 Å². The van der Waals surface area contributed by atoms with Crippen LogP contribution in [0.1, 0.15) is 23.1 Å². The van der Waals surface area contributed by atoms with Crippen molar-refractivity contribution in [3.8, 4) is 28.3 Å². The van der Waals surface area contributed by atoms with Gasteiger partial charge in [0.05, 0.1) is 23.9 Å². The first-order chi connectivity index (χ1) is 22.7. The maximum atomic E-state index is 13.1. The minimum Gasteiger partial charge on any atom is -0.481 e. The number of hydrogen-bond acceptors (Lipinski definition) is 9. The van der Waals surface area contributed by atoms with Gasteiger partial charge in [-0.1, -0.05) is 41.9 Å². The van der Waals surface area contributed by atoms with E-state index in [9.17, 15) is 9.59 Å². The Bertz CT molecular complexity index is 2150. The van der Waals surface area contributed by atoms with E-state index in [-0.39, 0.29) is 40.3 Å². The number of anilines is 2. The van der Waals surface area contributed by atoms with Crippen molar-refractivity contribution in [1.82, 2.24) is 24.1 Å². The topological polar surface area (TPSA) is 122 Å². The average molecular weight is 709 g/mol. The first-order valence-electron chi connectivity index (χ1n) is 15.4. The zero-order chi connectivity index (χ0) is 32.8. The fourth-order valence-electron chi connectivity index (χ4n) is 6.51. The van der Waals surface area contributed by atoms with Crippen LogP contribution in [0.5, 0.6) is 5.88 Å². The van der Waals surface area contributed by atoms with Gasteiger partial charge in [-0.2, -0.15) is 6.42 Å². The fourth-order valence-corrected chi connectivity index (χ4v) is 6.84. The van der Waals surface area contributed by atoms with Crippen LogP contribution in [0, 0.1) is 13.3 Å². The molecular formula is C35H34ClMnN6O5-. The van der Waals surface area contributed by atoms with E-state index in [4.69, 9.17) is 30.8 Å². The van der Waals surface area contributed by atoms with Gasteiger partial charge < -0.3 is 19.5 Å². The van der Waals surface area contributed by atoms with Gasteiger partial charge in [-0.3, -0.25) is 20.3 Å². The standard InChI is InChI=1S/C35H34ClN6O5.Mn/c1-19-23(9-6-12-27(19)39-31-29-32(38-18-37-31)41(2)35(44)42(3)34(29)43)24-10-5-11-25(30(24)36)28-15-20-14-22(16-26(20)33(40-28)45-4)47-21-8-7-13-46-17-21;/h5-6,8-12,15,18,21-22H,7,13-14,16-17H2,1-4H3,(H,37,38,39);/q-1;/t21-,22?;/m0./s1. The van der Waals surface area contributed by atoms with Gasteiger partial charge in [0.25, 0.3) is 5.56 Å². The van der Waals surface area contributed by atoms with E-state index in [0.29, 0.717) is 23.3 Å². The molecule has 11 nitrogen and oxygen atoms in total. The summed E-state index contributed by atoms with van der Waals surface area (Å²) in [4.78, 5) is 39.0. The molecule has 1 radical (unpaired) electrons. The van der Waals surface area contributed by atoms with Gasteiger partial charge in [0, 0.05) is 73.2 Å². The number of benzene rings is 2. The van der Waals surface area contributed by atoms with Crippen molar-refractivity contribution in [1.29, 1.82) is 0 Å². The molecule has 4 heterocycles. The molecule has 0 bridgehead atoms. The van der Waals surface area contributed by atoms with E-state index in [0.717, 1.165) is 75.2 Å². The van der Waals surface area contributed by atoms with Gasteiger partial charge in [-0.25, -0.2) is 19.7 Å². The summed E-state index contributed by atoms with van der Waals surface area (Å²) in [5.41, 5.74) is 6.35. The number of rotatable bonds is 7. The summed E-state index contributed by atoms with van der Waals surface area (Å²) in [7, 11) is 4.65. The molecule has 249 valence electrons. The Balaban J connectivity index is 0.00000401. The Kier molecular flexibility index (Phi) is 9.74. The van der Waals surface area contributed by atoms with Crippen molar-refractivity contribution in [2.45, 2.75) is 38.4 Å². The minimum absolute atomic E-state index is 0. The summed E-state index contributed by atoms with van der Waals surface area (Å²) in [6, 6.07) is 13.8. The SMILES string of the molecule is COc1nc(-c2cccc(-c3cccc(Nc4ncnc5c4c(=O)n(C)c(=O)n5C)c3C)c2Cl)cc2c1CC(O[C@H]1[CH-]CCOC1)C2.[Mn]. The number of nitrogens with one attached hydrogen (secondary N) is 1. The van der Waals surface area contributed by atoms with E-state index < -0.39 is 11.2 Å². The molecule has 5 aromatic rings. The number of hydrogen-bond donors (Lipinski definition) is 1. The number of pyridine rings is 1. The monoisotopic (exact) mass is 708 g/mol. The van der Waals surface area contributed by atoms with Gasteiger partial charge in [-0.15, -0.1) is 0 Å². The molecule has 1 fully saturated rings. The molecule has 48 heavy (non-hydrogen) atoms. The van der Waals surface area contributed by atoms with Crippen molar-refractivity contribution in [2.75, 3.05) is 25.6 Å². The molecule has 1 saturated heterocycles. The number of aromatic nitrogens is 5. The average Bonchev–Trinajstić information content (AvgIpc) is 3.49. The molecule has 2 aromatic carbocycles. The summed E-state index contributed by atoms with van der Waals surface area (Å²) in [5.74, 6) is 0.883. The number of halogens is 1. The summed E-state index contributed by atoms with van der Waals surface area (Å²) in [6.07, 6.45) is 5.91. The first kappa shape index (κ1) is 33.8. The smallest absolute Gasteiger partial charge is 0.332 e. The summed E-state index contributed by atoms with van der Waals surface area (Å²) in [6.45, 7) is 3.31. The molecule has 13 heteroatoms. The fraction of sp³-hybridized carbons (Fsp3) is 0.314. The molecule has 2 aliphatic rings. The van der Waals surface area contributed by atoms with Crippen LogP contribution in [0.25, 0.3) is 33.4 Å². The number of ether oxygens (including phenoxy) is 3. The number of methoxy groups -OCH3 is 1. The van der Waals surface area contributed by atoms with E-state index in [2.05, 4.69) is 27.8 Å². The maximum absolute atomic E-state index is 13.1. The van der Waals surface area contributed by atoms with Crippen molar-refractivity contribution in [2.24, 2.45) is 14.1 Å². The van der Waals surface area contributed by atoms with Crippen LogP contribution in [0.15, 0.2) is 58.4 Å². The Labute approximate surface area is 292 Å². The van der Waals surface area contributed by atoms with Crippen LogP contribution in [0.2, 0.25) is 5.02 Å². The van der Waals surface area contributed by atoms with Crippen molar-refractivity contribution in [3.63, 3.8) is 0 Å². The predicted molar refractivity (Wildman–Crippen MR) is 181 cm³/mol. The third kappa shape index (κ3) is 6.03. The third-order valence-electron chi connectivity index (χ3n) is 8.98. The molecule has 1 aliphatic carbocycles. The Morgan fingerprint density at radius 3 is 2.58 bits per heavy atom. The predicted octanol–water partition coefficient (Wildman–Crippen LogP) is 4.94. The van der Waals surface area contributed by atoms with Crippen LogP contribution in [-0.4, -0.2) is 56.6 Å². The quantitative estimate of drug-likeness (QED) is 0.185. The zero-order valence-electron chi connectivity index (χ0n) is 26.9. The minimum atomic E-state index is -0.479. The molecular weight excluding hydrogens is 675 g/mol. The molecule has 1 unspecified atom stereocenters. The maximum Gasteiger partial charge on any atom is 0.332 e.